The van der Waals surface area contributed by atoms with Gasteiger partial charge in [0.25, 0.3) is 5.91 Å². The third kappa shape index (κ3) is 5.60. The minimum atomic E-state index is -4.62. The molecule has 3 fully saturated rings. The Labute approximate surface area is 289 Å². The Morgan fingerprint density at radius 2 is 1.88 bits per heavy atom. The first-order valence-corrected chi connectivity index (χ1v) is 17.5. The Hall–Kier alpha value is -4.50. The van der Waals surface area contributed by atoms with Crippen LogP contribution in [-0.4, -0.2) is 49.2 Å². The minimum Gasteiger partial charge on any atom is -0.364 e. The summed E-state index contributed by atoms with van der Waals surface area (Å²) in [5, 5.41) is 21.5. The summed E-state index contributed by atoms with van der Waals surface area (Å²) in [6.07, 6.45) is 8.31. The Balaban J connectivity index is 1.19. The zero-order valence-electron chi connectivity index (χ0n) is 28.7. The van der Waals surface area contributed by atoms with Gasteiger partial charge in [0.05, 0.1) is 30.1 Å². The maximum atomic E-state index is 14.7. The van der Waals surface area contributed by atoms with Crippen LogP contribution < -0.4 is 10.2 Å². The second-order valence-electron chi connectivity index (χ2n) is 15.6. The van der Waals surface area contributed by atoms with Gasteiger partial charge in [-0.25, -0.2) is 4.98 Å². The van der Waals surface area contributed by atoms with Crippen LogP contribution in [0.2, 0.25) is 0 Å². The van der Waals surface area contributed by atoms with E-state index in [9.17, 15) is 23.2 Å². The third-order valence-corrected chi connectivity index (χ3v) is 11.8. The van der Waals surface area contributed by atoms with Crippen LogP contribution in [0.4, 0.5) is 24.8 Å². The van der Waals surface area contributed by atoms with Crippen LogP contribution in [-0.2, 0) is 31.7 Å². The maximum Gasteiger partial charge on any atom is 0.416 e. The molecule has 2 aliphatic heterocycles. The van der Waals surface area contributed by atoms with Gasteiger partial charge < -0.3 is 9.88 Å². The first kappa shape index (κ1) is 32.7. The average molecular weight is 683 g/mol. The van der Waals surface area contributed by atoms with Gasteiger partial charge in [-0.2, -0.15) is 18.4 Å². The number of rotatable bonds is 8. The minimum absolute atomic E-state index is 0.0182. The van der Waals surface area contributed by atoms with Crippen LogP contribution in [0.5, 0.6) is 0 Å². The van der Waals surface area contributed by atoms with Crippen LogP contribution in [0.15, 0.2) is 48.3 Å². The van der Waals surface area contributed by atoms with Gasteiger partial charge in [-0.15, -0.1) is 10.2 Å². The summed E-state index contributed by atoms with van der Waals surface area (Å²) >= 11 is 0. The van der Waals surface area contributed by atoms with Crippen LogP contribution in [0.3, 0.4) is 0 Å². The van der Waals surface area contributed by atoms with Crippen molar-refractivity contribution in [2.45, 2.75) is 95.4 Å². The average Bonchev–Trinajstić information content (AvgIpc) is 3.33. The number of hydrogen-bond donors (Lipinski definition) is 1. The quantitative estimate of drug-likeness (QED) is 0.266. The molecule has 3 aromatic rings. The molecule has 2 saturated carbocycles. The number of nitrogens with one attached hydrogen (secondary N) is 1. The maximum absolute atomic E-state index is 14.7. The lowest BCUT2D eigenvalue weighted by Crippen LogP contribution is -2.33. The molecule has 0 bridgehead atoms. The largest absolute Gasteiger partial charge is 0.416 e. The number of amides is 1. The van der Waals surface area contributed by atoms with E-state index in [1.165, 1.54) is 30.2 Å². The summed E-state index contributed by atoms with van der Waals surface area (Å²) in [6.45, 7) is 6.06. The number of nitriles is 1. The second kappa shape index (κ2) is 11.5. The van der Waals surface area contributed by atoms with Crippen molar-refractivity contribution < 1.29 is 18.0 Å². The van der Waals surface area contributed by atoms with Crippen molar-refractivity contribution in [3.8, 4) is 6.07 Å². The molecule has 4 heterocycles. The molecule has 2 aromatic heterocycles. The summed E-state index contributed by atoms with van der Waals surface area (Å²) in [7, 11) is 1.88. The lowest BCUT2D eigenvalue weighted by Gasteiger charge is -2.38. The first-order valence-electron chi connectivity index (χ1n) is 17.5. The molecular formula is C38H41F3N8O. The molecule has 0 radical (unpaired) electrons. The normalized spacial score (nSPS) is 23.7. The van der Waals surface area contributed by atoms with E-state index in [0.29, 0.717) is 42.0 Å². The summed E-state index contributed by atoms with van der Waals surface area (Å²) in [5.74, 6) is 0.953. The number of aryl methyl sites for hydroxylation is 1. The molecule has 1 spiro atoms. The molecule has 1 saturated heterocycles. The first-order chi connectivity index (χ1) is 23.8. The number of benzene rings is 1. The fraction of sp³-hybridized carbons (Fsp3) is 0.500. The second-order valence-corrected chi connectivity index (χ2v) is 15.6. The van der Waals surface area contributed by atoms with E-state index in [1.807, 2.05) is 29.8 Å². The number of halogens is 3. The van der Waals surface area contributed by atoms with E-state index in [0.717, 1.165) is 49.1 Å². The lowest BCUT2D eigenvalue weighted by molar-refractivity contribution is -0.138. The van der Waals surface area contributed by atoms with Gasteiger partial charge >= 0.3 is 6.18 Å². The van der Waals surface area contributed by atoms with Gasteiger partial charge in [-0.05, 0) is 98.4 Å². The number of pyridine rings is 1. The van der Waals surface area contributed by atoms with Gasteiger partial charge in [-0.3, -0.25) is 14.6 Å². The number of aromatic nitrogens is 4. The molecule has 5 aliphatic rings. The Morgan fingerprint density at radius 1 is 1.08 bits per heavy atom. The number of allylic oxidation sites excluding steroid dienone is 4. The van der Waals surface area contributed by atoms with Crippen molar-refractivity contribution in [1.29, 1.82) is 5.26 Å². The van der Waals surface area contributed by atoms with Crippen LogP contribution >= 0.6 is 0 Å². The van der Waals surface area contributed by atoms with E-state index in [2.05, 4.69) is 46.4 Å². The zero-order valence-corrected chi connectivity index (χ0v) is 28.7. The highest BCUT2D eigenvalue weighted by atomic mass is 19.4. The molecule has 1 N–H and O–H groups in total. The van der Waals surface area contributed by atoms with Crippen molar-refractivity contribution in [3.05, 3.63) is 82.0 Å². The number of hydrogen-bond acceptors (Lipinski definition) is 7. The fourth-order valence-electron chi connectivity index (χ4n) is 8.69. The number of likely N-dealkylation sites (tertiary alicyclic amines) is 1. The molecule has 1 unspecified atom stereocenters. The van der Waals surface area contributed by atoms with Crippen molar-refractivity contribution >= 4 is 23.1 Å². The molecule has 9 nitrogen and oxygen atoms in total. The zero-order chi connectivity index (χ0) is 35.1. The van der Waals surface area contributed by atoms with Crippen molar-refractivity contribution in [1.82, 2.24) is 24.6 Å². The molecule has 8 rings (SSSR count). The van der Waals surface area contributed by atoms with Crippen LogP contribution in [0, 0.1) is 16.7 Å². The number of carbonyl (C=O) groups excluding carboxylic acids is 1. The molecule has 1 amide bonds. The lowest BCUT2D eigenvalue weighted by atomic mass is 9.68. The van der Waals surface area contributed by atoms with E-state index < -0.39 is 28.6 Å². The van der Waals surface area contributed by atoms with Crippen LogP contribution in [0.25, 0.3) is 5.57 Å². The Bertz CT molecular complexity index is 2000. The van der Waals surface area contributed by atoms with E-state index in [1.54, 1.807) is 12.4 Å². The van der Waals surface area contributed by atoms with Crippen molar-refractivity contribution in [3.63, 3.8) is 0 Å². The van der Waals surface area contributed by atoms with Crippen molar-refractivity contribution in [2.75, 3.05) is 23.3 Å². The number of nitrogens with zero attached hydrogens (tertiary/aromatic N) is 7. The molecule has 50 heavy (non-hydrogen) atoms. The summed E-state index contributed by atoms with van der Waals surface area (Å²) in [4.78, 5) is 22.7. The highest BCUT2D eigenvalue weighted by Gasteiger charge is 2.46. The third-order valence-electron chi connectivity index (χ3n) is 11.8. The predicted molar refractivity (Wildman–Crippen MR) is 183 cm³/mol. The van der Waals surface area contributed by atoms with Crippen LogP contribution in [0.1, 0.15) is 104 Å². The van der Waals surface area contributed by atoms with Gasteiger partial charge in [0, 0.05) is 36.7 Å². The number of fused-ring (bicyclic) bond motifs is 1. The van der Waals surface area contributed by atoms with E-state index in [4.69, 9.17) is 4.98 Å². The molecule has 12 heteroatoms. The molecule has 3 aliphatic carbocycles. The predicted octanol–water partition coefficient (Wildman–Crippen LogP) is 7.31. The van der Waals surface area contributed by atoms with Gasteiger partial charge in [-0.1, -0.05) is 31.1 Å². The molecule has 1 atom stereocenters. The van der Waals surface area contributed by atoms with Gasteiger partial charge in [0.15, 0.2) is 5.82 Å². The highest BCUT2D eigenvalue weighted by molar-refractivity contribution is 6.10. The number of alkyl halides is 3. The van der Waals surface area contributed by atoms with Gasteiger partial charge in [0.1, 0.15) is 18.0 Å². The molecular weight excluding hydrogens is 641 g/mol. The van der Waals surface area contributed by atoms with Gasteiger partial charge in [0.2, 0.25) is 0 Å². The van der Waals surface area contributed by atoms with E-state index >= 15 is 0 Å². The molecule has 1 aromatic carbocycles. The van der Waals surface area contributed by atoms with Crippen molar-refractivity contribution in [2.24, 2.45) is 12.5 Å². The standard InChI is InChI=1S/C38H41F3N8O/c1-24-5-6-29(33-46-43-23-47(33)3)35(2,19-24)26-17-31(45-37(9-10-37)11-13-42)44-32(18-26)49-21-28-27(34(49)50)15-25(16-30(28)38(39,40)41)20-48-14-12-36(22-48)7-4-8-36/h5-6,15-18,23H,4,7-12,14,19-22H2,1-3H3,(H,44,45). The monoisotopic (exact) mass is 682 g/mol. The highest BCUT2D eigenvalue weighted by Crippen LogP contribution is 2.50. The van der Waals surface area contributed by atoms with E-state index in [-0.39, 0.29) is 23.5 Å². The number of carbonyl (C=O) groups is 1. The Morgan fingerprint density at radius 3 is 2.52 bits per heavy atom. The SMILES string of the molecule is CC1=CC=C(c2nncn2C)C(C)(c2cc(NC3(CC#N)CC3)nc(N3Cc4c(cc(CN5CCC6(CCC6)C5)cc4C(F)(F)F)C3=O)c2)C1. The summed E-state index contributed by atoms with van der Waals surface area (Å²) in [6, 6.07) is 8.95. The summed E-state index contributed by atoms with van der Waals surface area (Å²) < 4.78 is 45.9. The smallest absolute Gasteiger partial charge is 0.364 e. The molecule has 260 valence electrons. The fourth-order valence-corrected chi connectivity index (χ4v) is 8.69. The number of anilines is 2. The Kier molecular flexibility index (Phi) is 7.53. The topological polar surface area (TPSA) is 103 Å². The summed E-state index contributed by atoms with van der Waals surface area (Å²) in [5.41, 5.74) is 1.98.